The summed E-state index contributed by atoms with van der Waals surface area (Å²) in [5.41, 5.74) is 5.09. The van der Waals surface area contributed by atoms with Crippen LogP contribution in [0.4, 0.5) is 0 Å². The Balaban J connectivity index is 1.76. The van der Waals surface area contributed by atoms with Crippen LogP contribution in [0, 0.1) is 13.8 Å². The van der Waals surface area contributed by atoms with Crippen molar-refractivity contribution in [2.75, 3.05) is 0 Å². The third kappa shape index (κ3) is 3.82. The summed E-state index contributed by atoms with van der Waals surface area (Å²) < 4.78 is 7.71. The van der Waals surface area contributed by atoms with Crippen LogP contribution >= 0.6 is 0 Å². The Labute approximate surface area is 148 Å². The van der Waals surface area contributed by atoms with E-state index in [0.717, 1.165) is 11.1 Å². The highest BCUT2D eigenvalue weighted by molar-refractivity contribution is 5.89. The van der Waals surface area contributed by atoms with Gasteiger partial charge in [-0.1, -0.05) is 42.5 Å². The van der Waals surface area contributed by atoms with E-state index < -0.39 is 0 Å². The van der Waals surface area contributed by atoms with E-state index in [9.17, 15) is 4.79 Å². The average Bonchev–Trinajstić information content (AvgIpc) is 2.98. The molecule has 25 heavy (non-hydrogen) atoms. The fourth-order valence-corrected chi connectivity index (χ4v) is 3.17. The molecule has 0 saturated carbocycles. The van der Waals surface area contributed by atoms with E-state index in [2.05, 4.69) is 43.5 Å². The molecule has 0 aliphatic carbocycles. The average molecular weight is 333 g/mol. The topological polar surface area (TPSA) is 31.2 Å². The molecule has 3 rings (SSSR count). The molecular weight excluding hydrogens is 310 g/mol. The number of rotatable bonds is 5. The van der Waals surface area contributed by atoms with Crippen LogP contribution in [0.5, 0.6) is 0 Å². The molecule has 3 heteroatoms. The lowest BCUT2D eigenvalue weighted by Crippen LogP contribution is -2.11. The molecule has 0 spiro atoms. The van der Waals surface area contributed by atoms with Gasteiger partial charge < -0.3 is 9.30 Å². The summed E-state index contributed by atoms with van der Waals surface area (Å²) in [5, 5.41) is 0. The van der Waals surface area contributed by atoms with Gasteiger partial charge in [0.05, 0.1) is 11.6 Å². The van der Waals surface area contributed by atoms with Gasteiger partial charge in [-0.25, -0.2) is 4.79 Å². The fourth-order valence-electron chi connectivity index (χ4n) is 3.17. The molecule has 0 bridgehead atoms. The van der Waals surface area contributed by atoms with Gasteiger partial charge in [0, 0.05) is 11.4 Å². The van der Waals surface area contributed by atoms with Crippen LogP contribution in [-0.4, -0.2) is 10.5 Å². The normalized spacial score (nSPS) is 12.0. The van der Waals surface area contributed by atoms with E-state index in [1.165, 1.54) is 11.4 Å². The Morgan fingerprint density at radius 3 is 2.32 bits per heavy atom. The first kappa shape index (κ1) is 17.0. The second-order valence-corrected chi connectivity index (χ2v) is 6.35. The Hall–Kier alpha value is -2.81. The molecule has 1 heterocycles. The number of aromatic nitrogens is 1. The van der Waals surface area contributed by atoms with Crippen molar-refractivity contribution in [3.63, 3.8) is 0 Å². The van der Waals surface area contributed by atoms with Crippen LogP contribution in [0.3, 0.4) is 0 Å². The van der Waals surface area contributed by atoms with Crippen molar-refractivity contribution in [3.8, 4) is 0 Å². The zero-order chi connectivity index (χ0) is 17.8. The van der Waals surface area contributed by atoms with Crippen LogP contribution in [0.15, 0.2) is 66.7 Å². The number of aryl methyl sites for hydroxylation is 2. The summed E-state index contributed by atoms with van der Waals surface area (Å²) in [7, 11) is 0. The molecule has 0 amide bonds. The van der Waals surface area contributed by atoms with Gasteiger partial charge in [0.2, 0.25) is 0 Å². The Morgan fingerprint density at radius 1 is 0.960 bits per heavy atom. The summed E-state index contributed by atoms with van der Waals surface area (Å²) in [6.07, 6.45) is 0. The molecule has 1 aromatic heterocycles. The minimum Gasteiger partial charge on any atom is -0.457 e. The first-order chi connectivity index (χ1) is 12.1. The maximum Gasteiger partial charge on any atom is 0.338 e. The Kier molecular flexibility index (Phi) is 5.03. The number of esters is 1. The van der Waals surface area contributed by atoms with E-state index in [0.29, 0.717) is 5.56 Å². The molecule has 1 atom stereocenters. The third-order valence-electron chi connectivity index (χ3n) is 4.53. The molecule has 128 valence electrons. The van der Waals surface area contributed by atoms with E-state index >= 15 is 0 Å². The highest BCUT2D eigenvalue weighted by Crippen LogP contribution is 2.23. The highest BCUT2D eigenvalue weighted by Gasteiger charge is 2.14. The van der Waals surface area contributed by atoms with Gasteiger partial charge >= 0.3 is 5.97 Å². The van der Waals surface area contributed by atoms with Crippen LogP contribution in [0.1, 0.15) is 45.8 Å². The zero-order valence-electron chi connectivity index (χ0n) is 14.9. The summed E-state index contributed by atoms with van der Waals surface area (Å²) in [5.74, 6) is -0.293. The zero-order valence-corrected chi connectivity index (χ0v) is 14.9. The quantitative estimate of drug-likeness (QED) is 0.610. The highest BCUT2D eigenvalue weighted by atomic mass is 16.5. The molecule has 0 aliphatic rings. The molecule has 2 aromatic carbocycles. The van der Waals surface area contributed by atoms with Crippen molar-refractivity contribution in [3.05, 3.63) is 94.8 Å². The minimum absolute atomic E-state index is 0.164. The largest absolute Gasteiger partial charge is 0.457 e. The van der Waals surface area contributed by atoms with Gasteiger partial charge in [0.15, 0.2) is 0 Å². The van der Waals surface area contributed by atoms with Gasteiger partial charge in [-0.05, 0) is 56.2 Å². The number of nitrogens with zero attached hydrogens (tertiary/aromatic N) is 1. The number of carbonyl (C=O) groups excluding carboxylic acids is 1. The summed E-state index contributed by atoms with van der Waals surface area (Å²) >= 11 is 0. The van der Waals surface area contributed by atoms with E-state index in [1.54, 1.807) is 6.07 Å². The van der Waals surface area contributed by atoms with Gasteiger partial charge in [0.1, 0.15) is 6.61 Å². The minimum atomic E-state index is -0.293. The van der Waals surface area contributed by atoms with Crippen LogP contribution in [0.25, 0.3) is 0 Å². The molecule has 3 aromatic rings. The molecular formula is C22H23NO2. The SMILES string of the molecule is Cc1ccc(C)n1[C@H](C)c1cccc(C(=O)OCc2ccccc2)c1. The van der Waals surface area contributed by atoms with Crippen molar-refractivity contribution in [1.82, 2.24) is 4.57 Å². The first-order valence-corrected chi connectivity index (χ1v) is 8.51. The summed E-state index contributed by atoms with van der Waals surface area (Å²) in [6, 6.07) is 21.8. The second-order valence-electron chi connectivity index (χ2n) is 6.35. The van der Waals surface area contributed by atoms with Crippen molar-refractivity contribution in [2.45, 2.75) is 33.4 Å². The summed E-state index contributed by atoms with van der Waals surface area (Å²) in [4.78, 5) is 12.4. The molecule has 0 fully saturated rings. The van der Waals surface area contributed by atoms with Crippen molar-refractivity contribution >= 4 is 5.97 Å². The van der Waals surface area contributed by atoms with E-state index in [1.807, 2.05) is 42.5 Å². The number of ether oxygens (including phenoxy) is 1. The Morgan fingerprint density at radius 2 is 1.64 bits per heavy atom. The predicted octanol–water partition coefficient (Wildman–Crippen LogP) is 5.07. The summed E-state index contributed by atoms with van der Waals surface area (Å²) in [6.45, 7) is 6.63. The number of hydrogen-bond acceptors (Lipinski definition) is 2. The van der Waals surface area contributed by atoms with Crippen LogP contribution < -0.4 is 0 Å². The number of carbonyl (C=O) groups is 1. The van der Waals surface area contributed by atoms with Gasteiger partial charge in [0.25, 0.3) is 0 Å². The predicted molar refractivity (Wildman–Crippen MR) is 99.7 cm³/mol. The van der Waals surface area contributed by atoms with Crippen LogP contribution in [-0.2, 0) is 11.3 Å². The lowest BCUT2D eigenvalue weighted by atomic mass is 10.0. The molecule has 0 saturated heterocycles. The molecule has 0 radical (unpaired) electrons. The molecule has 3 nitrogen and oxygen atoms in total. The van der Waals surface area contributed by atoms with Crippen LogP contribution in [0.2, 0.25) is 0 Å². The number of benzene rings is 2. The van der Waals surface area contributed by atoms with Crippen molar-refractivity contribution in [1.29, 1.82) is 0 Å². The second kappa shape index (κ2) is 7.39. The molecule has 0 aliphatic heterocycles. The maximum atomic E-state index is 12.4. The fraction of sp³-hybridized carbons (Fsp3) is 0.227. The van der Waals surface area contributed by atoms with Gasteiger partial charge in [-0.2, -0.15) is 0 Å². The third-order valence-corrected chi connectivity index (χ3v) is 4.53. The van der Waals surface area contributed by atoms with Gasteiger partial charge in [-0.3, -0.25) is 0 Å². The molecule has 0 N–H and O–H groups in total. The van der Waals surface area contributed by atoms with Gasteiger partial charge in [-0.15, -0.1) is 0 Å². The maximum absolute atomic E-state index is 12.4. The van der Waals surface area contributed by atoms with E-state index in [4.69, 9.17) is 4.74 Å². The monoisotopic (exact) mass is 333 g/mol. The Bertz CT molecular complexity index is 845. The number of hydrogen-bond donors (Lipinski definition) is 0. The lowest BCUT2D eigenvalue weighted by molar-refractivity contribution is 0.0472. The first-order valence-electron chi connectivity index (χ1n) is 8.51. The standard InChI is InChI=1S/C22H23NO2/c1-16-12-13-17(2)23(16)18(3)20-10-7-11-21(14-20)22(24)25-15-19-8-5-4-6-9-19/h4-14,18H,15H2,1-3H3/t18-/m1/s1. The lowest BCUT2D eigenvalue weighted by Gasteiger charge is -2.19. The van der Waals surface area contributed by atoms with E-state index in [-0.39, 0.29) is 18.6 Å². The smallest absolute Gasteiger partial charge is 0.338 e. The molecule has 0 unspecified atom stereocenters. The van der Waals surface area contributed by atoms with Crippen molar-refractivity contribution in [2.24, 2.45) is 0 Å². The van der Waals surface area contributed by atoms with Crippen molar-refractivity contribution < 1.29 is 9.53 Å².